The molecule has 1 saturated heterocycles. The number of carboxylic acids is 1. The summed E-state index contributed by atoms with van der Waals surface area (Å²) in [6.07, 6.45) is 1.63. The lowest BCUT2D eigenvalue weighted by Gasteiger charge is -2.35. The van der Waals surface area contributed by atoms with E-state index in [0.29, 0.717) is 45.9 Å². The Morgan fingerprint density at radius 2 is 1.70 bits per heavy atom. The van der Waals surface area contributed by atoms with E-state index in [0.717, 1.165) is 11.3 Å². The highest BCUT2D eigenvalue weighted by Crippen LogP contribution is 2.36. The minimum absolute atomic E-state index is 0.0864. The fourth-order valence-corrected chi connectivity index (χ4v) is 4.42. The number of nitrogens with zero attached hydrogens (tertiary/aromatic N) is 5. The number of fused-ring (bicyclic) bond motifs is 1. The Labute approximate surface area is 199 Å². The molecule has 0 unspecified atom stereocenters. The van der Waals surface area contributed by atoms with Gasteiger partial charge in [0.05, 0.1) is 5.02 Å². The zero-order valence-electron chi connectivity index (χ0n) is 17.3. The molecule has 2 aromatic carbocycles. The Hall–Kier alpha value is -3.20. The number of aliphatic carboxylic acids is 1. The number of hydrogen-bond acceptors (Lipinski definition) is 6. The lowest BCUT2D eigenvalue weighted by Crippen LogP contribution is -2.49. The number of carbonyl (C=O) groups is 1. The Morgan fingerprint density at radius 1 is 1.00 bits per heavy atom. The zero-order chi connectivity index (χ0) is 23.2. The molecule has 0 spiro atoms. The summed E-state index contributed by atoms with van der Waals surface area (Å²) in [5.74, 6) is -0.0322. The highest BCUT2D eigenvalue weighted by Gasteiger charge is 2.40. The predicted octanol–water partition coefficient (Wildman–Crippen LogP) is 4.21. The van der Waals surface area contributed by atoms with Crippen molar-refractivity contribution in [3.63, 3.8) is 0 Å². The van der Waals surface area contributed by atoms with E-state index < -0.39 is 11.6 Å². The summed E-state index contributed by atoms with van der Waals surface area (Å²) in [4.78, 5) is 27.2. The normalized spacial score (nSPS) is 15.7. The molecular formula is C23H19Cl2N5O3. The maximum absolute atomic E-state index is 11.4. The quantitative estimate of drug-likeness (QED) is 0.447. The van der Waals surface area contributed by atoms with Crippen LogP contribution in [0.1, 0.15) is 12.8 Å². The van der Waals surface area contributed by atoms with Crippen molar-refractivity contribution >= 4 is 46.2 Å². The molecule has 4 aromatic rings. The second-order valence-corrected chi connectivity index (χ2v) is 8.76. The topological polar surface area (TPSA) is 104 Å². The Morgan fingerprint density at radius 3 is 2.36 bits per heavy atom. The first-order valence-corrected chi connectivity index (χ1v) is 11.1. The van der Waals surface area contributed by atoms with Crippen molar-refractivity contribution in [1.29, 1.82) is 0 Å². The molecule has 1 aliphatic heterocycles. The smallest absolute Gasteiger partial charge is 0.335 e. The van der Waals surface area contributed by atoms with Crippen LogP contribution < -0.4 is 4.90 Å². The third-order valence-electron chi connectivity index (χ3n) is 5.91. The number of rotatable bonds is 4. The van der Waals surface area contributed by atoms with Gasteiger partial charge in [-0.1, -0.05) is 35.3 Å². The van der Waals surface area contributed by atoms with Crippen molar-refractivity contribution < 1.29 is 15.0 Å². The molecule has 10 heteroatoms. The number of aromatic nitrogens is 4. The van der Waals surface area contributed by atoms with E-state index in [4.69, 9.17) is 28.2 Å². The maximum atomic E-state index is 11.4. The summed E-state index contributed by atoms with van der Waals surface area (Å²) < 4.78 is 1.90. The largest absolute Gasteiger partial charge is 0.479 e. The van der Waals surface area contributed by atoms with Crippen molar-refractivity contribution in [2.75, 3.05) is 18.0 Å². The molecule has 2 aromatic heterocycles. The molecule has 33 heavy (non-hydrogen) atoms. The molecule has 5 rings (SSSR count). The number of benzene rings is 2. The lowest BCUT2D eigenvalue weighted by atomic mass is 9.91. The predicted molar refractivity (Wildman–Crippen MR) is 126 cm³/mol. The summed E-state index contributed by atoms with van der Waals surface area (Å²) >= 11 is 12.6. The number of hydrogen-bond donors (Lipinski definition) is 2. The fraction of sp³-hybridized carbons (Fsp3) is 0.217. The Balaban J connectivity index is 1.67. The molecule has 0 aliphatic carbocycles. The van der Waals surface area contributed by atoms with Crippen molar-refractivity contribution in [1.82, 2.24) is 19.5 Å². The van der Waals surface area contributed by atoms with Crippen LogP contribution >= 0.6 is 23.2 Å². The van der Waals surface area contributed by atoms with Crippen LogP contribution in [0.2, 0.25) is 10.0 Å². The van der Waals surface area contributed by atoms with Crippen LogP contribution in [0, 0.1) is 0 Å². The molecule has 0 radical (unpaired) electrons. The van der Waals surface area contributed by atoms with Crippen LogP contribution in [0.15, 0.2) is 54.9 Å². The summed E-state index contributed by atoms with van der Waals surface area (Å²) in [7, 11) is 0. The van der Waals surface area contributed by atoms with E-state index in [9.17, 15) is 15.0 Å². The van der Waals surface area contributed by atoms with Gasteiger partial charge in [-0.05, 0) is 36.4 Å². The first kappa shape index (κ1) is 21.6. The fourth-order valence-electron chi connectivity index (χ4n) is 4.07. The molecule has 8 nitrogen and oxygen atoms in total. The van der Waals surface area contributed by atoms with E-state index in [1.165, 1.54) is 6.33 Å². The van der Waals surface area contributed by atoms with Crippen LogP contribution in [-0.4, -0.2) is 54.4 Å². The number of halogens is 2. The minimum atomic E-state index is -1.73. The standard InChI is InChI=1S/C23H19Cl2N5O3/c24-14-5-7-15(8-6-14)30-19(16-3-1-2-4-17(16)25)28-18-20(26-13-27-21(18)30)29-11-9-23(33,10-12-29)22(31)32/h1-8,13,33H,9-12H2,(H,31,32). The highest BCUT2D eigenvalue weighted by molar-refractivity contribution is 6.33. The molecular weight excluding hydrogens is 465 g/mol. The van der Waals surface area contributed by atoms with Gasteiger partial charge in [0.25, 0.3) is 0 Å². The van der Waals surface area contributed by atoms with Gasteiger partial charge in [0, 0.05) is 42.2 Å². The maximum Gasteiger partial charge on any atom is 0.335 e. The highest BCUT2D eigenvalue weighted by atomic mass is 35.5. The third-order valence-corrected chi connectivity index (χ3v) is 6.49. The van der Waals surface area contributed by atoms with Crippen LogP contribution in [0.4, 0.5) is 5.82 Å². The molecule has 0 atom stereocenters. The van der Waals surface area contributed by atoms with Crippen molar-refractivity contribution in [3.05, 3.63) is 64.9 Å². The van der Waals surface area contributed by atoms with E-state index in [2.05, 4.69) is 9.97 Å². The molecule has 3 heterocycles. The number of piperidine rings is 1. The lowest BCUT2D eigenvalue weighted by molar-refractivity contribution is -0.160. The van der Waals surface area contributed by atoms with Gasteiger partial charge in [0.15, 0.2) is 22.6 Å². The van der Waals surface area contributed by atoms with Gasteiger partial charge >= 0.3 is 5.97 Å². The molecule has 1 fully saturated rings. The summed E-state index contributed by atoms with van der Waals surface area (Å²) in [6.45, 7) is 0.647. The minimum Gasteiger partial charge on any atom is -0.479 e. The Kier molecular flexibility index (Phi) is 5.44. The number of aliphatic hydroxyl groups is 1. The van der Waals surface area contributed by atoms with Gasteiger partial charge in [0.1, 0.15) is 12.2 Å². The number of carboxylic acid groups (broad SMARTS) is 1. The van der Waals surface area contributed by atoms with E-state index in [-0.39, 0.29) is 12.8 Å². The summed E-state index contributed by atoms with van der Waals surface area (Å²) in [5.41, 5.74) is 0.949. The van der Waals surface area contributed by atoms with Gasteiger partial charge in [-0.25, -0.2) is 19.7 Å². The molecule has 0 bridgehead atoms. The van der Waals surface area contributed by atoms with E-state index in [1.807, 2.05) is 39.8 Å². The van der Waals surface area contributed by atoms with Crippen molar-refractivity contribution in [2.24, 2.45) is 0 Å². The molecule has 2 N–H and O–H groups in total. The zero-order valence-corrected chi connectivity index (χ0v) is 18.8. The van der Waals surface area contributed by atoms with Gasteiger partial charge in [0.2, 0.25) is 0 Å². The molecule has 0 saturated carbocycles. The van der Waals surface area contributed by atoms with Gasteiger partial charge in [-0.15, -0.1) is 0 Å². The van der Waals surface area contributed by atoms with Crippen molar-refractivity contribution in [3.8, 4) is 17.1 Å². The molecule has 1 aliphatic rings. The van der Waals surface area contributed by atoms with Crippen LogP contribution in [-0.2, 0) is 4.79 Å². The number of anilines is 1. The van der Waals surface area contributed by atoms with Crippen LogP contribution in [0.5, 0.6) is 0 Å². The Bertz CT molecular complexity index is 1350. The summed E-state index contributed by atoms with van der Waals surface area (Å²) in [6, 6.07) is 14.7. The van der Waals surface area contributed by atoms with Gasteiger partial charge < -0.3 is 15.1 Å². The van der Waals surface area contributed by atoms with Gasteiger partial charge in [-0.3, -0.25) is 4.57 Å². The van der Waals surface area contributed by atoms with E-state index in [1.54, 1.807) is 18.2 Å². The average molecular weight is 484 g/mol. The molecule has 168 valence electrons. The van der Waals surface area contributed by atoms with E-state index >= 15 is 0 Å². The van der Waals surface area contributed by atoms with Gasteiger partial charge in [-0.2, -0.15) is 0 Å². The van der Waals surface area contributed by atoms with Crippen LogP contribution in [0.3, 0.4) is 0 Å². The summed E-state index contributed by atoms with van der Waals surface area (Å²) in [5, 5.41) is 20.8. The third kappa shape index (κ3) is 3.80. The number of imidazole rings is 1. The first-order valence-electron chi connectivity index (χ1n) is 10.3. The second kappa shape index (κ2) is 8.30. The van der Waals surface area contributed by atoms with Crippen LogP contribution in [0.25, 0.3) is 28.2 Å². The average Bonchev–Trinajstić information content (AvgIpc) is 3.20. The van der Waals surface area contributed by atoms with Crippen molar-refractivity contribution in [2.45, 2.75) is 18.4 Å². The SMILES string of the molecule is O=C(O)C1(O)CCN(c2ncnc3c2nc(-c2ccccc2Cl)n3-c2ccc(Cl)cc2)CC1. The second-order valence-electron chi connectivity index (χ2n) is 7.92. The monoisotopic (exact) mass is 483 g/mol. The molecule has 0 amide bonds. The first-order chi connectivity index (χ1) is 15.9.